The summed E-state index contributed by atoms with van der Waals surface area (Å²) < 4.78 is 0. The molecule has 2 atom stereocenters. The number of hydrogen-bond acceptors (Lipinski definition) is 2. The van der Waals surface area contributed by atoms with E-state index in [1.165, 1.54) is 0 Å². The minimum Gasteiger partial charge on any atom is -0.481 e. The zero-order chi connectivity index (χ0) is 11.4. The van der Waals surface area contributed by atoms with E-state index < -0.39 is 5.97 Å². The second kappa shape index (κ2) is 5.14. The van der Waals surface area contributed by atoms with E-state index in [-0.39, 0.29) is 30.8 Å². The van der Waals surface area contributed by atoms with Gasteiger partial charge in [-0.15, -0.1) is 0 Å². The first-order valence-electron chi connectivity index (χ1n) is 5.55. The van der Waals surface area contributed by atoms with E-state index >= 15 is 0 Å². The second-order valence-corrected chi connectivity index (χ2v) is 4.32. The molecule has 0 radical (unpaired) electrons. The lowest BCUT2D eigenvalue weighted by Crippen LogP contribution is -2.47. The molecule has 15 heavy (non-hydrogen) atoms. The molecule has 1 aliphatic heterocycles. The van der Waals surface area contributed by atoms with Gasteiger partial charge in [-0.25, -0.2) is 0 Å². The number of carbonyl (C=O) groups excluding carboxylic acids is 1. The maximum absolute atomic E-state index is 11.8. The Balaban J connectivity index is 2.51. The van der Waals surface area contributed by atoms with E-state index in [1.54, 1.807) is 0 Å². The monoisotopic (exact) mass is 213 g/mol. The molecule has 4 nitrogen and oxygen atoms in total. The number of carboxylic acids is 1. The molecule has 1 heterocycles. The molecule has 0 aliphatic carbocycles. The summed E-state index contributed by atoms with van der Waals surface area (Å²) in [7, 11) is 0. The van der Waals surface area contributed by atoms with Gasteiger partial charge in [-0.1, -0.05) is 0 Å². The van der Waals surface area contributed by atoms with Gasteiger partial charge < -0.3 is 10.0 Å². The zero-order valence-electron chi connectivity index (χ0n) is 9.40. The zero-order valence-corrected chi connectivity index (χ0v) is 9.40. The summed E-state index contributed by atoms with van der Waals surface area (Å²) in [6.45, 7) is 4.07. The van der Waals surface area contributed by atoms with Gasteiger partial charge >= 0.3 is 5.97 Å². The number of carboxylic acid groups (broad SMARTS) is 1. The molecule has 1 N–H and O–H groups in total. The normalized spacial score (nSPS) is 26.4. The van der Waals surface area contributed by atoms with Crippen LogP contribution in [0.2, 0.25) is 0 Å². The van der Waals surface area contributed by atoms with Crippen LogP contribution in [0.15, 0.2) is 0 Å². The van der Waals surface area contributed by atoms with E-state index in [1.807, 2.05) is 18.7 Å². The number of nitrogens with zero attached hydrogens (tertiary/aromatic N) is 1. The van der Waals surface area contributed by atoms with Crippen molar-refractivity contribution in [3.05, 3.63) is 0 Å². The van der Waals surface area contributed by atoms with Crippen molar-refractivity contribution >= 4 is 11.9 Å². The lowest BCUT2D eigenvalue weighted by molar-refractivity contribution is -0.143. The van der Waals surface area contributed by atoms with Gasteiger partial charge in [-0.2, -0.15) is 0 Å². The van der Waals surface area contributed by atoms with E-state index in [9.17, 15) is 9.59 Å². The number of amides is 1. The van der Waals surface area contributed by atoms with Crippen molar-refractivity contribution in [1.29, 1.82) is 0 Å². The molecule has 1 saturated heterocycles. The van der Waals surface area contributed by atoms with Gasteiger partial charge in [0.25, 0.3) is 0 Å². The Morgan fingerprint density at radius 1 is 1.20 bits per heavy atom. The summed E-state index contributed by atoms with van der Waals surface area (Å²) in [5.41, 5.74) is 0. The third-order valence-electron chi connectivity index (χ3n) is 3.03. The lowest BCUT2D eigenvalue weighted by Gasteiger charge is -2.39. The Morgan fingerprint density at radius 3 is 2.20 bits per heavy atom. The molecule has 1 aliphatic rings. The maximum atomic E-state index is 11.8. The van der Waals surface area contributed by atoms with Gasteiger partial charge in [-0.3, -0.25) is 9.59 Å². The molecule has 0 aromatic carbocycles. The first-order valence-corrected chi connectivity index (χ1v) is 5.55. The highest BCUT2D eigenvalue weighted by atomic mass is 16.4. The summed E-state index contributed by atoms with van der Waals surface area (Å²) in [6.07, 6.45) is 3.29. The molecule has 0 bridgehead atoms. The van der Waals surface area contributed by atoms with Crippen LogP contribution in [0.5, 0.6) is 0 Å². The summed E-state index contributed by atoms with van der Waals surface area (Å²) in [5, 5.41) is 8.52. The molecular weight excluding hydrogens is 194 g/mol. The SMILES string of the molecule is C[C@@H]1CCC[C@H](C)N1C(=O)CCC(=O)O. The standard InChI is InChI=1S/C11H19NO3/c1-8-4-3-5-9(2)12(8)10(13)6-7-11(14)15/h8-9H,3-7H2,1-2H3,(H,14,15)/t8-,9+. The van der Waals surface area contributed by atoms with Crippen molar-refractivity contribution in [3.8, 4) is 0 Å². The van der Waals surface area contributed by atoms with Gasteiger partial charge in [0.15, 0.2) is 0 Å². The summed E-state index contributed by atoms with van der Waals surface area (Å²) in [5.74, 6) is -0.919. The van der Waals surface area contributed by atoms with Crippen LogP contribution in [0.25, 0.3) is 0 Å². The number of likely N-dealkylation sites (tertiary alicyclic amines) is 1. The molecule has 0 saturated carbocycles. The number of hydrogen-bond donors (Lipinski definition) is 1. The molecule has 0 spiro atoms. The molecule has 4 heteroatoms. The smallest absolute Gasteiger partial charge is 0.303 e. The Kier molecular flexibility index (Phi) is 4.12. The molecule has 0 aromatic heterocycles. The minimum absolute atomic E-state index is 0.0166. The summed E-state index contributed by atoms with van der Waals surface area (Å²) in [4.78, 5) is 24.0. The number of rotatable bonds is 3. The van der Waals surface area contributed by atoms with Gasteiger partial charge in [0, 0.05) is 18.5 Å². The maximum Gasteiger partial charge on any atom is 0.303 e. The topological polar surface area (TPSA) is 57.6 Å². The Bertz CT molecular complexity index is 242. The highest BCUT2D eigenvalue weighted by Gasteiger charge is 2.28. The fraction of sp³-hybridized carbons (Fsp3) is 0.818. The predicted octanol–water partition coefficient (Wildman–Crippen LogP) is 1.64. The fourth-order valence-electron chi connectivity index (χ4n) is 2.26. The Hall–Kier alpha value is -1.06. The van der Waals surface area contributed by atoms with Crippen LogP contribution >= 0.6 is 0 Å². The number of carbonyl (C=O) groups is 2. The highest BCUT2D eigenvalue weighted by molar-refractivity contribution is 5.81. The van der Waals surface area contributed by atoms with Crippen molar-refractivity contribution in [2.45, 2.75) is 58.0 Å². The summed E-state index contributed by atoms with van der Waals surface area (Å²) in [6, 6.07) is 0.519. The van der Waals surface area contributed by atoms with Crippen molar-refractivity contribution in [1.82, 2.24) is 4.90 Å². The van der Waals surface area contributed by atoms with Crippen LogP contribution in [0.3, 0.4) is 0 Å². The van der Waals surface area contributed by atoms with Crippen molar-refractivity contribution in [2.24, 2.45) is 0 Å². The quantitative estimate of drug-likeness (QED) is 0.775. The molecule has 1 fully saturated rings. The van der Waals surface area contributed by atoms with Crippen LogP contribution < -0.4 is 0 Å². The van der Waals surface area contributed by atoms with Crippen LogP contribution in [-0.4, -0.2) is 34.0 Å². The minimum atomic E-state index is -0.902. The van der Waals surface area contributed by atoms with Gasteiger partial charge in [0.1, 0.15) is 0 Å². The summed E-state index contributed by atoms with van der Waals surface area (Å²) >= 11 is 0. The van der Waals surface area contributed by atoms with Crippen molar-refractivity contribution in [2.75, 3.05) is 0 Å². The van der Waals surface area contributed by atoms with Crippen LogP contribution in [0.1, 0.15) is 46.0 Å². The fourth-order valence-corrected chi connectivity index (χ4v) is 2.26. The third kappa shape index (κ3) is 3.22. The molecular formula is C11H19NO3. The van der Waals surface area contributed by atoms with Crippen LogP contribution in [0.4, 0.5) is 0 Å². The first kappa shape index (κ1) is 12.0. The van der Waals surface area contributed by atoms with E-state index in [4.69, 9.17) is 5.11 Å². The van der Waals surface area contributed by atoms with Gasteiger partial charge in [-0.05, 0) is 33.1 Å². The molecule has 1 amide bonds. The largest absolute Gasteiger partial charge is 0.481 e. The predicted molar refractivity (Wildman–Crippen MR) is 56.5 cm³/mol. The first-order chi connectivity index (χ1) is 7.02. The highest BCUT2D eigenvalue weighted by Crippen LogP contribution is 2.23. The van der Waals surface area contributed by atoms with E-state index in [2.05, 4.69) is 0 Å². The lowest BCUT2D eigenvalue weighted by atomic mass is 9.97. The van der Waals surface area contributed by atoms with E-state index in [0.717, 1.165) is 19.3 Å². The van der Waals surface area contributed by atoms with Crippen molar-refractivity contribution < 1.29 is 14.7 Å². The Morgan fingerprint density at radius 2 is 1.73 bits per heavy atom. The molecule has 86 valence electrons. The average molecular weight is 213 g/mol. The molecule has 0 unspecified atom stereocenters. The van der Waals surface area contributed by atoms with Crippen molar-refractivity contribution in [3.63, 3.8) is 0 Å². The molecule has 0 aromatic rings. The molecule has 1 rings (SSSR count). The number of aliphatic carboxylic acids is 1. The average Bonchev–Trinajstić information content (AvgIpc) is 2.14. The van der Waals surface area contributed by atoms with Gasteiger partial charge in [0.2, 0.25) is 5.91 Å². The van der Waals surface area contributed by atoms with Crippen LogP contribution in [0, 0.1) is 0 Å². The Labute approximate surface area is 90.3 Å². The van der Waals surface area contributed by atoms with E-state index in [0.29, 0.717) is 0 Å². The number of piperidine rings is 1. The second-order valence-electron chi connectivity index (χ2n) is 4.32. The van der Waals surface area contributed by atoms with Crippen LogP contribution in [-0.2, 0) is 9.59 Å². The third-order valence-corrected chi connectivity index (χ3v) is 3.03. The van der Waals surface area contributed by atoms with Gasteiger partial charge in [0.05, 0.1) is 6.42 Å².